The van der Waals surface area contributed by atoms with Gasteiger partial charge in [0.2, 0.25) is 0 Å². The van der Waals surface area contributed by atoms with Crippen LogP contribution in [0, 0.1) is 6.92 Å². The Kier molecular flexibility index (Phi) is 9.04. The number of rotatable bonds is 6. The van der Waals surface area contributed by atoms with Crippen molar-refractivity contribution in [2.75, 3.05) is 33.1 Å². The van der Waals surface area contributed by atoms with Gasteiger partial charge in [-0.1, -0.05) is 0 Å². The smallest absolute Gasteiger partial charge is 0.195 e. The quantitative estimate of drug-likeness (QED) is 0.397. The molecule has 6 nitrogen and oxygen atoms in total. The maximum atomic E-state index is 5.31. The first-order chi connectivity index (χ1) is 11.7. The highest BCUT2D eigenvalue weighted by Gasteiger charge is 2.06. The molecule has 2 N–H and O–H groups in total. The minimum absolute atomic E-state index is 0. The van der Waals surface area contributed by atoms with Gasteiger partial charge >= 0.3 is 0 Å². The molecule has 1 heterocycles. The number of anilines is 1. The van der Waals surface area contributed by atoms with Crippen molar-refractivity contribution in [2.45, 2.75) is 13.3 Å². The molecule has 0 spiro atoms. The number of hydrogen-bond acceptors (Lipinski definition) is 4. The van der Waals surface area contributed by atoms with Gasteiger partial charge in [0.15, 0.2) is 17.5 Å². The lowest BCUT2D eigenvalue weighted by Crippen LogP contribution is -2.32. The van der Waals surface area contributed by atoms with Crippen LogP contribution in [0.4, 0.5) is 5.69 Å². The van der Waals surface area contributed by atoms with Crippen LogP contribution < -0.4 is 20.1 Å². The van der Waals surface area contributed by atoms with Crippen LogP contribution >= 0.6 is 24.0 Å². The van der Waals surface area contributed by atoms with Gasteiger partial charge in [-0.15, -0.1) is 24.0 Å². The van der Waals surface area contributed by atoms with E-state index in [1.54, 1.807) is 21.3 Å². The predicted molar refractivity (Wildman–Crippen MR) is 113 cm³/mol. The van der Waals surface area contributed by atoms with E-state index < -0.39 is 0 Å². The van der Waals surface area contributed by atoms with Crippen LogP contribution in [-0.4, -0.2) is 38.8 Å². The fraction of sp³-hybridized carbons (Fsp3) is 0.333. The molecule has 0 aliphatic heterocycles. The molecule has 136 valence electrons. The van der Waals surface area contributed by atoms with Gasteiger partial charge in [0.25, 0.3) is 0 Å². The molecule has 1 aromatic heterocycles. The lowest BCUT2D eigenvalue weighted by atomic mass is 10.1. The maximum absolute atomic E-state index is 5.31. The van der Waals surface area contributed by atoms with Gasteiger partial charge in [-0.3, -0.25) is 9.98 Å². The first kappa shape index (κ1) is 21.0. The molecule has 7 heteroatoms. The molecule has 2 rings (SSSR count). The number of aliphatic imine (C=N–C) groups is 1. The van der Waals surface area contributed by atoms with E-state index in [1.807, 2.05) is 36.7 Å². The minimum Gasteiger partial charge on any atom is -0.493 e. The van der Waals surface area contributed by atoms with Crippen molar-refractivity contribution >= 4 is 35.6 Å². The molecular formula is C18H25IN4O2. The molecule has 2 aromatic rings. The average molecular weight is 456 g/mol. The second-order valence-corrected chi connectivity index (χ2v) is 5.25. The first-order valence-corrected chi connectivity index (χ1v) is 7.77. The zero-order valence-electron chi connectivity index (χ0n) is 15.0. The highest BCUT2D eigenvalue weighted by molar-refractivity contribution is 14.0. The number of aryl methyl sites for hydroxylation is 1. The fourth-order valence-corrected chi connectivity index (χ4v) is 2.33. The Bertz CT molecular complexity index is 707. The van der Waals surface area contributed by atoms with Crippen LogP contribution in [-0.2, 0) is 6.42 Å². The number of nitrogens with one attached hydrogen (secondary N) is 2. The Morgan fingerprint density at radius 2 is 1.92 bits per heavy atom. The Labute approximate surface area is 166 Å². The summed E-state index contributed by atoms with van der Waals surface area (Å²) in [6, 6.07) is 7.69. The summed E-state index contributed by atoms with van der Waals surface area (Å²) >= 11 is 0. The van der Waals surface area contributed by atoms with Gasteiger partial charge in [-0.2, -0.15) is 0 Å². The molecule has 0 saturated heterocycles. The molecule has 0 aliphatic rings. The van der Waals surface area contributed by atoms with Crippen LogP contribution in [0.5, 0.6) is 11.5 Å². The Balaban J connectivity index is 0.00000312. The third-order valence-electron chi connectivity index (χ3n) is 3.69. The number of hydrogen-bond donors (Lipinski definition) is 2. The van der Waals surface area contributed by atoms with Crippen LogP contribution in [0.2, 0.25) is 0 Å². The topological polar surface area (TPSA) is 67.8 Å². The monoisotopic (exact) mass is 456 g/mol. The number of halogens is 1. The van der Waals surface area contributed by atoms with Gasteiger partial charge in [-0.05, 0) is 42.7 Å². The lowest BCUT2D eigenvalue weighted by molar-refractivity contribution is 0.355. The molecule has 0 unspecified atom stereocenters. The molecule has 0 aliphatic carbocycles. The van der Waals surface area contributed by atoms with Crippen molar-refractivity contribution < 1.29 is 9.47 Å². The second kappa shape index (κ2) is 10.8. The Hall–Kier alpha value is -2.03. The minimum atomic E-state index is 0. The van der Waals surface area contributed by atoms with Crippen molar-refractivity contribution in [1.82, 2.24) is 10.3 Å². The van der Waals surface area contributed by atoms with E-state index in [2.05, 4.69) is 27.5 Å². The highest BCUT2D eigenvalue weighted by atomic mass is 127. The number of benzene rings is 1. The summed E-state index contributed by atoms with van der Waals surface area (Å²) in [4.78, 5) is 8.36. The molecule has 0 amide bonds. The summed E-state index contributed by atoms with van der Waals surface area (Å²) in [5, 5.41) is 6.55. The molecule has 1 aromatic carbocycles. The summed E-state index contributed by atoms with van der Waals surface area (Å²) < 4.78 is 10.6. The average Bonchev–Trinajstić information content (AvgIpc) is 2.62. The Morgan fingerprint density at radius 3 is 2.56 bits per heavy atom. The zero-order chi connectivity index (χ0) is 17.4. The number of methoxy groups -OCH3 is 2. The third-order valence-corrected chi connectivity index (χ3v) is 3.69. The third kappa shape index (κ3) is 6.08. The van der Waals surface area contributed by atoms with Crippen molar-refractivity contribution in [3.8, 4) is 11.5 Å². The van der Waals surface area contributed by atoms with Gasteiger partial charge in [0.1, 0.15) is 0 Å². The Morgan fingerprint density at radius 1 is 1.16 bits per heavy atom. The summed E-state index contributed by atoms with van der Waals surface area (Å²) in [6.45, 7) is 2.84. The van der Waals surface area contributed by atoms with E-state index in [9.17, 15) is 0 Å². The van der Waals surface area contributed by atoms with E-state index in [4.69, 9.17) is 9.47 Å². The maximum Gasteiger partial charge on any atom is 0.195 e. The number of aromatic nitrogens is 1. The number of ether oxygens (including phenoxy) is 2. The van der Waals surface area contributed by atoms with E-state index in [1.165, 1.54) is 11.1 Å². The highest BCUT2D eigenvalue weighted by Crippen LogP contribution is 2.29. The summed E-state index contributed by atoms with van der Waals surface area (Å²) in [6.07, 6.45) is 4.60. The largest absolute Gasteiger partial charge is 0.493 e. The van der Waals surface area contributed by atoms with Crippen LogP contribution in [0.25, 0.3) is 0 Å². The second-order valence-electron chi connectivity index (χ2n) is 5.25. The number of pyridine rings is 1. The van der Waals surface area contributed by atoms with Gasteiger partial charge in [0, 0.05) is 37.7 Å². The standard InChI is InChI=1S/C18H24N4O2.HI/c1-13-12-20-9-7-14(13)8-10-21-18(19-2)22-15-5-6-16(23-3)17(11-15)24-4;/h5-7,9,11-12H,8,10H2,1-4H3,(H2,19,21,22);1H. The SMILES string of the molecule is CN=C(NCCc1ccncc1C)Nc1ccc(OC)c(OC)c1.I. The number of guanidine groups is 1. The molecular weight excluding hydrogens is 431 g/mol. The van der Waals surface area contributed by atoms with Crippen LogP contribution in [0.1, 0.15) is 11.1 Å². The molecule has 0 bridgehead atoms. The van der Waals surface area contributed by atoms with E-state index >= 15 is 0 Å². The summed E-state index contributed by atoms with van der Waals surface area (Å²) in [5.41, 5.74) is 3.35. The predicted octanol–water partition coefficient (Wildman–Crippen LogP) is 3.26. The zero-order valence-corrected chi connectivity index (χ0v) is 17.3. The van der Waals surface area contributed by atoms with Gasteiger partial charge < -0.3 is 20.1 Å². The van der Waals surface area contributed by atoms with E-state index in [0.29, 0.717) is 17.5 Å². The number of nitrogens with zero attached hydrogens (tertiary/aromatic N) is 2. The van der Waals surface area contributed by atoms with Crippen molar-refractivity contribution in [1.29, 1.82) is 0 Å². The van der Waals surface area contributed by atoms with E-state index in [-0.39, 0.29) is 24.0 Å². The van der Waals surface area contributed by atoms with Crippen molar-refractivity contribution in [3.63, 3.8) is 0 Å². The van der Waals surface area contributed by atoms with Gasteiger partial charge in [-0.25, -0.2) is 0 Å². The van der Waals surface area contributed by atoms with E-state index in [0.717, 1.165) is 18.7 Å². The summed E-state index contributed by atoms with van der Waals surface area (Å²) in [7, 11) is 4.98. The lowest BCUT2D eigenvalue weighted by Gasteiger charge is -2.14. The summed E-state index contributed by atoms with van der Waals surface area (Å²) in [5.74, 6) is 2.07. The first-order valence-electron chi connectivity index (χ1n) is 7.77. The molecule has 0 saturated carbocycles. The van der Waals surface area contributed by atoms with Crippen LogP contribution in [0.3, 0.4) is 0 Å². The normalized spacial score (nSPS) is 10.6. The van der Waals surface area contributed by atoms with Crippen molar-refractivity contribution in [3.05, 3.63) is 47.8 Å². The molecule has 0 atom stereocenters. The molecule has 0 fully saturated rings. The molecule has 25 heavy (non-hydrogen) atoms. The van der Waals surface area contributed by atoms with Gasteiger partial charge in [0.05, 0.1) is 14.2 Å². The van der Waals surface area contributed by atoms with Crippen molar-refractivity contribution in [2.24, 2.45) is 4.99 Å². The fourth-order valence-electron chi connectivity index (χ4n) is 2.33. The van der Waals surface area contributed by atoms with Crippen LogP contribution in [0.15, 0.2) is 41.7 Å². The molecule has 0 radical (unpaired) electrons.